The number of rotatable bonds is 6. The minimum atomic E-state index is -0.502. The van der Waals surface area contributed by atoms with Crippen LogP contribution in [0.5, 0.6) is 0 Å². The average molecular weight is 355 g/mol. The van der Waals surface area contributed by atoms with Crippen molar-refractivity contribution in [3.63, 3.8) is 0 Å². The first-order valence-electron chi connectivity index (χ1n) is 9.50. The molecule has 4 nitrogen and oxygen atoms in total. The number of nitriles is 1. The minimum absolute atomic E-state index is 0.104. The average Bonchev–Trinajstić information content (AvgIpc) is 2.94. The van der Waals surface area contributed by atoms with Gasteiger partial charge in [0.15, 0.2) is 0 Å². The summed E-state index contributed by atoms with van der Waals surface area (Å²) in [5.74, 6) is -0.0481. The second kappa shape index (κ2) is 8.49. The molecule has 3 unspecified atom stereocenters. The van der Waals surface area contributed by atoms with E-state index in [1.54, 1.807) is 0 Å². The topological polar surface area (TPSA) is 67.2 Å². The van der Waals surface area contributed by atoms with Gasteiger partial charge in [-0.05, 0) is 76.0 Å². The van der Waals surface area contributed by atoms with Gasteiger partial charge in [0.25, 0.3) is 0 Å². The van der Waals surface area contributed by atoms with Crippen LogP contribution in [0.15, 0.2) is 24.3 Å². The molecule has 0 aliphatic heterocycles. The molecule has 1 aliphatic rings. The van der Waals surface area contributed by atoms with Crippen LogP contribution in [0.4, 0.5) is 0 Å². The number of esters is 1. The summed E-state index contributed by atoms with van der Waals surface area (Å²) in [6, 6.07) is 9.82. The highest BCUT2D eigenvalue weighted by atomic mass is 16.6. The summed E-state index contributed by atoms with van der Waals surface area (Å²) in [4.78, 5) is 23.9. The molecule has 0 amide bonds. The first-order valence-corrected chi connectivity index (χ1v) is 9.50. The van der Waals surface area contributed by atoms with Crippen LogP contribution in [0.25, 0.3) is 0 Å². The van der Waals surface area contributed by atoms with Gasteiger partial charge in [-0.25, -0.2) is 4.79 Å². The van der Waals surface area contributed by atoms with Gasteiger partial charge in [-0.3, -0.25) is 4.79 Å². The lowest BCUT2D eigenvalue weighted by molar-refractivity contribution is -0.119. The van der Waals surface area contributed by atoms with Gasteiger partial charge in [0, 0.05) is 6.42 Å². The molecule has 3 atom stereocenters. The molecule has 1 fully saturated rings. The molecule has 1 aliphatic carbocycles. The predicted octanol–water partition coefficient (Wildman–Crippen LogP) is 5.03. The Morgan fingerprint density at radius 3 is 2.50 bits per heavy atom. The van der Waals surface area contributed by atoms with Gasteiger partial charge >= 0.3 is 5.97 Å². The molecule has 1 saturated carbocycles. The first kappa shape index (κ1) is 20.2. The van der Waals surface area contributed by atoms with Gasteiger partial charge in [-0.15, -0.1) is 0 Å². The molecule has 0 bridgehead atoms. The molecule has 4 heteroatoms. The molecule has 1 aromatic carbocycles. The molecule has 0 heterocycles. The number of hydrogen-bond donors (Lipinski definition) is 0. The van der Waals surface area contributed by atoms with E-state index in [1.165, 1.54) is 5.56 Å². The summed E-state index contributed by atoms with van der Waals surface area (Å²) < 4.78 is 5.40. The zero-order valence-electron chi connectivity index (χ0n) is 16.2. The van der Waals surface area contributed by atoms with Gasteiger partial charge < -0.3 is 4.74 Å². The van der Waals surface area contributed by atoms with Gasteiger partial charge in [-0.2, -0.15) is 5.26 Å². The zero-order valence-corrected chi connectivity index (χ0v) is 16.2. The minimum Gasteiger partial charge on any atom is -0.456 e. The molecule has 0 radical (unpaired) electrons. The first-order chi connectivity index (χ1) is 12.2. The van der Waals surface area contributed by atoms with Gasteiger partial charge in [0.05, 0.1) is 11.6 Å². The Kier molecular flexibility index (Phi) is 6.58. The van der Waals surface area contributed by atoms with Crippen LogP contribution >= 0.6 is 0 Å². The Balaban J connectivity index is 1.98. The summed E-state index contributed by atoms with van der Waals surface area (Å²) >= 11 is 0. The SMILES string of the molecule is CCC(CCC1CCC(=O)C1C#N)c1ccc(C(=O)OC(C)(C)C)cc1. The second-order valence-corrected chi connectivity index (χ2v) is 8.18. The summed E-state index contributed by atoms with van der Waals surface area (Å²) in [5, 5.41) is 9.19. The molecule has 1 aromatic rings. The third-order valence-electron chi connectivity index (χ3n) is 5.11. The quantitative estimate of drug-likeness (QED) is 0.671. The van der Waals surface area contributed by atoms with Crippen LogP contribution < -0.4 is 0 Å². The summed E-state index contributed by atoms with van der Waals surface area (Å²) in [6.45, 7) is 7.71. The van der Waals surface area contributed by atoms with E-state index in [0.717, 1.165) is 25.7 Å². The molecule has 0 aromatic heterocycles. The molecule has 26 heavy (non-hydrogen) atoms. The Hall–Kier alpha value is -2.15. The van der Waals surface area contributed by atoms with E-state index >= 15 is 0 Å². The van der Waals surface area contributed by atoms with Crippen molar-refractivity contribution in [2.75, 3.05) is 0 Å². The molecular weight excluding hydrogens is 326 g/mol. The lowest BCUT2D eigenvalue weighted by Gasteiger charge is -2.21. The number of nitrogens with zero attached hydrogens (tertiary/aromatic N) is 1. The highest BCUT2D eigenvalue weighted by Crippen LogP contribution is 2.35. The number of Topliss-reactive ketones (excluding diaryl/α,β-unsaturated/α-hetero) is 1. The third kappa shape index (κ3) is 5.17. The van der Waals surface area contributed by atoms with Crippen LogP contribution in [0, 0.1) is 23.2 Å². The maximum Gasteiger partial charge on any atom is 0.338 e. The van der Waals surface area contributed by atoms with Crippen molar-refractivity contribution in [3.8, 4) is 6.07 Å². The van der Waals surface area contributed by atoms with Crippen molar-refractivity contribution in [3.05, 3.63) is 35.4 Å². The fourth-order valence-corrected chi connectivity index (χ4v) is 3.65. The van der Waals surface area contributed by atoms with E-state index in [1.807, 2.05) is 45.0 Å². The van der Waals surface area contributed by atoms with E-state index in [9.17, 15) is 14.9 Å². The van der Waals surface area contributed by atoms with Crippen molar-refractivity contribution in [2.24, 2.45) is 11.8 Å². The second-order valence-electron chi connectivity index (χ2n) is 8.18. The van der Waals surface area contributed by atoms with Crippen molar-refractivity contribution in [1.29, 1.82) is 5.26 Å². The van der Waals surface area contributed by atoms with Crippen LogP contribution in [0.1, 0.15) is 81.6 Å². The maximum atomic E-state index is 12.1. The van der Waals surface area contributed by atoms with Crippen LogP contribution in [0.2, 0.25) is 0 Å². The molecule has 0 spiro atoms. The summed E-state index contributed by atoms with van der Waals surface area (Å²) in [7, 11) is 0. The van der Waals surface area contributed by atoms with Crippen molar-refractivity contribution >= 4 is 11.8 Å². The lowest BCUT2D eigenvalue weighted by atomic mass is 9.85. The molecular formula is C22H29NO3. The smallest absolute Gasteiger partial charge is 0.338 e. The van der Waals surface area contributed by atoms with E-state index in [-0.39, 0.29) is 17.7 Å². The molecule has 0 N–H and O–H groups in total. The molecule has 2 rings (SSSR count). The van der Waals surface area contributed by atoms with Gasteiger partial charge in [0.2, 0.25) is 0 Å². The van der Waals surface area contributed by atoms with Crippen molar-refractivity contribution in [2.45, 2.75) is 71.3 Å². The fraction of sp³-hybridized carbons (Fsp3) is 0.591. The van der Waals surface area contributed by atoms with Crippen molar-refractivity contribution < 1.29 is 14.3 Å². The Bertz CT molecular complexity index is 679. The standard InChI is InChI=1S/C22H29NO3/c1-5-15(6-9-17-12-13-20(24)19(17)14-23)16-7-10-18(11-8-16)21(25)26-22(2,3)4/h7-8,10-11,15,17,19H,5-6,9,12-13H2,1-4H3. The van der Waals surface area contributed by atoms with Crippen LogP contribution in [-0.2, 0) is 9.53 Å². The maximum absolute atomic E-state index is 12.1. The lowest BCUT2D eigenvalue weighted by Crippen LogP contribution is -2.23. The summed E-state index contributed by atoms with van der Waals surface area (Å²) in [5.41, 5.74) is 1.25. The summed E-state index contributed by atoms with van der Waals surface area (Å²) in [6.07, 6.45) is 4.23. The Labute approximate surface area is 156 Å². The zero-order chi connectivity index (χ0) is 19.3. The number of carbonyl (C=O) groups is 2. The number of carbonyl (C=O) groups excluding carboxylic acids is 2. The largest absolute Gasteiger partial charge is 0.456 e. The van der Waals surface area contributed by atoms with Crippen LogP contribution in [-0.4, -0.2) is 17.4 Å². The van der Waals surface area contributed by atoms with E-state index in [4.69, 9.17) is 4.74 Å². The monoisotopic (exact) mass is 355 g/mol. The van der Waals surface area contributed by atoms with Gasteiger partial charge in [0.1, 0.15) is 17.3 Å². The Morgan fingerprint density at radius 2 is 1.96 bits per heavy atom. The van der Waals surface area contributed by atoms with Crippen molar-refractivity contribution in [1.82, 2.24) is 0 Å². The fourth-order valence-electron chi connectivity index (χ4n) is 3.65. The third-order valence-corrected chi connectivity index (χ3v) is 5.11. The highest BCUT2D eigenvalue weighted by molar-refractivity contribution is 5.89. The molecule has 0 saturated heterocycles. The Morgan fingerprint density at radius 1 is 1.31 bits per heavy atom. The normalized spacial score (nSPS) is 21.3. The molecule has 140 valence electrons. The van der Waals surface area contributed by atoms with Crippen LogP contribution in [0.3, 0.4) is 0 Å². The van der Waals surface area contributed by atoms with E-state index in [0.29, 0.717) is 17.9 Å². The van der Waals surface area contributed by atoms with Gasteiger partial charge in [-0.1, -0.05) is 19.1 Å². The predicted molar refractivity (Wildman–Crippen MR) is 101 cm³/mol. The highest BCUT2D eigenvalue weighted by Gasteiger charge is 2.34. The number of hydrogen-bond acceptors (Lipinski definition) is 4. The number of ketones is 1. The number of ether oxygens (including phenoxy) is 1. The van der Waals surface area contributed by atoms with E-state index < -0.39 is 11.5 Å². The van der Waals surface area contributed by atoms with E-state index in [2.05, 4.69) is 13.0 Å². The number of benzene rings is 1.